The lowest BCUT2D eigenvalue weighted by molar-refractivity contribution is -0.116. The van der Waals surface area contributed by atoms with Crippen molar-refractivity contribution in [2.75, 3.05) is 14.2 Å². The van der Waals surface area contributed by atoms with Gasteiger partial charge in [0, 0.05) is 29.9 Å². The molecule has 1 heterocycles. The van der Waals surface area contributed by atoms with E-state index in [-0.39, 0.29) is 12.0 Å². The highest BCUT2D eigenvalue weighted by Gasteiger charge is 2.08. The molecule has 0 bridgehead atoms. The average Bonchev–Trinajstić information content (AvgIpc) is 2.64. The number of benzene rings is 1. The van der Waals surface area contributed by atoms with Gasteiger partial charge in [0.15, 0.2) is 0 Å². The first kappa shape index (κ1) is 19.3. The molecule has 0 spiro atoms. The number of rotatable bonds is 8. The Labute approximate surface area is 153 Å². The summed E-state index contributed by atoms with van der Waals surface area (Å²) in [6.07, 6.45) is 4.82. The number of nitrogens with one attached hydrogen (secondary N) is 1. The SMILES string of the molecule is COc1ccc(OC)c(/C=C/C(=O)NCc2cccnc2OC(C)C)c1. The molecular weight excluding hydrogens is 332 g/mol. The molecule has 0 aliphatic rings. The summed E-state index contributed by atoms with van der Waals surface area (Å²) in [6.45, 7) is 4.19. The molecular formula is C20H24N2O4. The topological polar surface area (TPSA) is 69.7 Å². The van der Waals surface area contributed by atoms with Crippen LogP contribution >= 0.6 is 0 Å². The summed E-state index contributed by atoms with van der Waals surface area (Å²) in [5.74, 6) is 1.65. The maximum atomic E-state index is 12.1. The fourth-order valence-electron chi connectivity index (χ4n) is 2.26. The third-order valence-corrected chi connectivity index (χ3v) is 3.50. The van der Waals surface area contributed by atoms with E-state index in [2.05, 4.69) is 10.3 Å². The Kier molecular flexibility index (Phi) is 7.02. The van der Waals surface area contributed by atoms with Crippen LogP contribution in [0.25, 0.3) is 6.08 Å². The fraction of sp³-hybridized carbons (Fsp3) is 0.300. The molecule has 6 nitrogen and oxygen atoms in total. The van der Waals surface area contributed by atoms with Gasteiger partial charge in [-0.2, -0.15) is 0 Å². The Morgan fingerprint density at radius 2 is 2.04 bits per heavy atom. The van der Waals surface area contributed by atoms with Gasteiger partial charge in [0.1, 0.15) is 11.5 Å². The number of carbonyl (C=O) groups excluding carboxylic acids is 1. The molecule has 0 unspecified atom stereocenters. The van der Waals surface area contributed by atoms with Crippen LogP contribution in [0.15, 0.2) is 42.6 Å². The van der Waals surface area contributed by atoms with Crippen LogP contribution in [0.4, 0.5) is 0 Å². The van der Waals surface area contributed by atoms with Gasteiger partial charge in [-0.15, -0.1) is 0 Å². The first-order valence-corrected chi connectivity index (χ1v) is 8.32. The highest BCUT2D eigenvalue weighted by atomic mass is 16.5. The number of methoxy groups -OCH3 is 2. The Morgan fingerprint density at radius 3 is 2.73 bits per heavy atom. The van der Waals surface area contributed by atoms with Gasteiger partial charge in [0.05, 0.1) is 20.3 Å². The monoisotopic (exact) mass is 356 g/mol. The van der Waals surface area contributed by atoms with Gasteiger partial charge in [0.2, 0.25) is 11.8 Å². The lowest BCUT2D eigenvalue weighted by atomic mass is 10.1. The summed E-state index contributed by atoms with van der Waals surface area (Å²) >= 11 is 0. The van der Waals surface area contributed by atoms with Crippen LogP contribution in [-0.4, -0.2) is 31.2 Å². The zero-order valence-corrected chi connectivity index (χ0v) is 15.5. The summed E-state index contributed by atoms with van der Waals surface area (Å²) < 4.78 is 16.1. The number of amides is 1. The largest absolute Gasteiger partial charge is 0.497 e. The van der Waals surface area contributed by atoms with Gasteiger partial charge < -0.3 is 19.5 Å². The van der Waals surface area contributed by atoms with Crippen molar-refractivity contribution in [3.05, 3.63) is 53.7 Å². The lowest BCUT2D eigenvalue weighted by Crippen LogP contribution is -2.21. The molecule has 1 N–H and O–H groups in total. The average molecular weight is 356 g/mol. The van der Waals surface area contributed by atoms with E-state index in [4.69, 9.17) is 14.2 Å². The number of nitrogens with zero attached hydrogens (tertiary/aromatic N) is 1. The summed E-state index contributed by atoms with van der Waals surface area (Å²) in [6, 6.07) is 9.08. The van der Waals surface area contributed by atoms with Crippen molar-refractivity contribution < 1.29 is 19.0 Å². The smallest absolute Gasteiger partial charge is 0.244 e. The summed E-state index contributed by atoms with van der Waals surface area (Å²) in [4.78, 5) is 16.4. The molecule has 0 atom stereocenters. The number of ether oxygens (including phenoxy) is 3. The Morgan fingerprint density at radius 1 is 1.23 bits per heavy atom. The molecule has 0 fully saturated rings. The molecule has 2 rings (SSSR count). The number of carbonyl (C=O) groups is 1. The van der Waals surface area contributed by atoms with E-state index < -0.39 is 0 Å². The summed E-state index contributed by atoms with van der Waals surface area (Å²) in [5.41, 5.74) is 1.58. The summed E-state index contributed by atoms with van der Waals surface area (Å²) in [5, 5.41) is 2.83. The molecule has 138 valence electrons. The van der Waals surface area contributed by atoms with Crippen LogP contribution in [-0.2, 0) is 11.3 Å². The van der Waals surface area contributed by atoms with E-state index in [1.165, 1.54) is 6.08 Å². The van der Waals surface area contributed by atoms with E-state index in [1.807, 2.05) is 26.0 Å². The second-order valence-electron chi connectivity index (χ2n) is 5.79. The molecule has 6 heteroatoms. The molecule has 1 aromatic heterocycles. The van der Waals surface area contributed by atoms with E-state index in [0.29, 0.717) is 23.9 Å². The van der Waals surface area contributed by atoms with Gasteiger partial charge in [0.25, 0.3) is 0 Å². The van der Waals surface area contributed by atoms with Crippen LogP contribution in [0.5, 0.6) is 17.4 Å². The zero-order valence-electron chi connectivity index (χ0n) is 15.5. The minimum atomic E-state index is -0.228. The second-order valence-corrected chi connectivity index (χ2v) is 5.79. The Bertz CT molecular complexity index is 772. The molecule has 0 saturated heterocycles. The van der Waals surface area contributed by atoms with Crippen LogP contribution < -0.4 is 19.5 Å². The number of pyridine rings is 1. The molecule has 0 saturated carbocycles. The highest BCUT2D eigenvalue weighted by molar-refractivity contribution is 5.92. The normalized spacial score (nSPS) is 10.8. The van der Waals surface area contributed by atoms with E-state index in [1.54, 1.807) is 44.7 Å². The lowest BCUT2D eigenvalue weighted by Gasteiger charge is -2.12. The highest BCUT2D eigenvalue weighted by Crippen LogP contribution is 2.25. The van der Waals surface area contributed by atoms with Crippen molar-refractivity contribution in [2.45, 2.75) is 26.5 Å². The molecule has 1 amide bonds. The maximum absolute atomic E-state index is 12.1. The summed E-state index contributed by atoms with van der Waals surface area (Å²) in [7, 11) is 3.17. The van der Waals surface area contributed by atoms with Crippen LogP contribution in [0.3, 0.4) is 0 Å². The van der Waals surface area contributed by atoms with Crippen LogP contribution in [0.1, 0.15) is 25.0 Å². The minimum Gasteiger partial charge on any atom is -0.497 e. The minimum absolute atomic E-state index is 0.0137. The molecule has 2 aromatic rings. The van der Waals surface area contributed by atoms with Crippen LogP contribution in [0, 0.1) is 0 Å². The standard InChI is InChI=1S/C20H24N2O4/c1-14(2)26-20-16(6-5-11-21-20)13-22-19(23)10-7-15-12-17(24-3)8-9-18(15)25-4/h5-12,14H,13H2,1-4H3,(H,22,23)/b10-7+. The van der Waals surface area contributed by atoms with Gasteiger partial charge in [-0.25, -0.2) is 4.98 Å². The third kappa shape index (κ3) is 5.51. The van der Waals surface area contributed by atoms with Gasteiger partial charge in [-0.3, -0.25) is 4.79 Å². The molecule has 1 aromatic carbocycles. The predicted octanol–water partition coefficient (Wildman–Crippen LogP) is 3.22. The number of hydrogen-bond acceptors (Lipinski definition) is 5. The van der Waals surface area contributed by atoms with Gasteiger partial charge in [-0.1, -0.05) is 6.07 Å². The molecule has 0 radical (unpaired) electrons. The molecule has 26 heavy (non-hydrogen) atoms. The van der Waals surface area contributed by atoms with Crippen molar-refractivity contribution in [3.8, 4) is 17.4 Å². The number of aromatic nitrogens is 1. The number of hydrogen-bond donors (Lipinski definition) is 1. The first-order valence-electron chi connectivity index (χ1n) is 8.32. The zero-order chi connectivity index (χ0) is 18.9. The Hall–Kier alpha value is -3.02. The third-order valence-electron chi connectivity index (χ3n) is 3.50. The van der Waals surface area contributed by atoms with E-state index >= 15 is 0 Å². The van der Waals surface area contributed by atoms with Gasteiger partial charge >= 0.3 is 0 Å². The second kappa shape index (κ2) is 9.46. The maximum Gasteiger partial charge on any atom is 0.244 e. The van der Waals surface area contributed by atoms with Crippen molar-refractivity contribution in [2.24, 2.45) is 0 Å². The molecule has 0 aliphatic heterocycles. The quantitative estimate of drug-likeness (QED) is 0.736. The van der Waals surface area contributed by atoms with Crippen LogP contribution in [0.2, 0.25) is 0 Å². The van der Waals surface area contributed by atoms with E-state index in [0.717, 1.165) is 11.1 Å². The molecule has 0 aliphatic carbocycles. The fourth-order valence-corrected chi connectivity index (χ4v) is 2.26. The van der Waals surface area contributed by atoms with Crippen molar-refractivity contribution in [3.63, 3.8) is 0 Å². The van der Waals surface area contributed by atoms with Crippen molar-refractivity contribution >= 4 is 12.0 Å². The van der Waals surface area contributed by atoms with E-state index in [9.17, 15) is 4.79 Å². The van der Waals surface area contributed by atoms with Gasteiger partial charge in [-0.05, 0) is 44.2 Å². The van der Waals surface area contributed by atoms with Crippen molar-refractivity contribution in [1.82, 2.24) is 10.3 Å². The van der Waals surface area contributed by atoms with Crippen molar-refractivity contribution in [1.29, 1.82) is 0 Å². The first-order chi connectivity index (χ1) is 12.5. The Balaban J connectivity index is 2.03. The predicted molar refractivity (Wildman–Crippen MR) is 100 cm³/mol.